The molecule has 0 aromatic carbocycles. The van der Waals surface area contributed by atoms with Gasteiger partial charge in [-0.2, -0.15) is 5.26 Å². The van der Waals surface area contributed by atoms with E-state index in [-0.39, 0.29) is 10.2 Å². The number of hydrogen-bond acceptors (Lipinski definition) is 7. The van der Waals surface area contributed by atoms with Gasteiger partial charge in [-0.1, -0.05) is 12.2 Å². The van der Waals surface area contributed by atoms with Crippen LogP contribution in [0.5, 0.6) is 0 Å². The minimum absolute atomic E-state index is 0.162. The minimum Gasteiger partial charge on any atom is -0.394 e. The lowest BCUT2D eigenvalue weighted by Crippen LogP contribution is -2.56. The normalized spacial score (nSPS) is 31.8. The van der Waals surface area contributed by atoms with Gasteiger partial charge < -0.3 is 29.7 Å². The maximum Gasteiger partial charge on any atom is 0.164 e. The highest BCUT2D eigenvalue weighted by Crippen LogP contribution is 2.31. The van der Waals surface area contributed by atoms with Gasteiger partial charge in [0, 0.05) is 5.69 Å². The smallest absolute Gasteiger partial charge is 0.164 e. The number of aromatic nitrogens is 1. The molecule has 0 amide bonds. The summed E-state index contributed by atoms with van der Waals surface area (Å²) in [7, 11) is 0. The summed E-state index contributed by atoms with van der Waals surface area (Å²) < 4.78 is 7.11. The van der Waals surface area contributed by atoms with Crippen LogP contribution < -0.4 is 0 Å². The molecule has 1 aliphatic rings. The molecular formula is C14H18N2O5S. The van der Waals surface area contributed by atoms with E-state index in [1.54, 1.807) is 19.9 Å². The lowest BCUT2D eigenvalue weighted by Gasteiger charge is -2.41. The second-order valence-corrected chi connectivity index (χ2v) is 5.72. The van der Waals surface area contributed by atoms with Crippen LogP contribution >= 0.6 is 12.2 Å². The SMILES string of the molecule is Cc1cc(C#N)c(=S)n([C@@H]2O[C@H](CO)[C@@H](O)[C@H](O)[C@H]2O)c1C. The van der Waals surface area contributed by atoms with Gasteiger partial charge >= 0.3 is 0 Å². The van der Waals surface area contributed by atoms with Crippen molar-refractivity contribution in [2.45, 2.75) is 44.5 Å². The van der Waals surface area contributed by atoms with Gasteiger partial charge in [0.15, 0.2) is 6.23 Å². The molecule has 0 radical (unpaired) electrons. The zero-order chi connectivity index (χ0) is 16.6. The van der Waals surface area contributed by atoms with Crippen molar-refractivity contribution in [2.75, 3.05) is 6.61 Å². The van der Waals surface area contributed by atoms with Crippen LogP contribution in [0.3, 0.4) is 0 Å². The van der Waals surface area contributed by atoms with Crippen molar-refractivity contribution in [1.29, 1.82) is 5.26 Å². The largest absolute Gasteiger partial charge is 0.394 e. The Balaban J connectivity index is 2.58. The Morgan fingerprint density at radius 2 is 1.91 bits per heavy atom. The first kappa shape index (κ1) is 17.0. The third kappa shape index (κ3) is 2.67. The Labute approximate surface area is 132 Å². The standard InChI is InChI=1S/C14H18N2O5S/c1-6-3-8(4-15)14(22)16(7(6)2)13-12(20)11(19)10(18)9(5-17)21-13/h3,9-13,17-20H,5H2,1-2H3/t9-,10-,11+,12-,13-/m1/s1. The Morgan fingerprint density at radius 3 is 2.45 bits per heavy atom. The van der Waals surface area contributed by atoms with Gasteiger partial charge in [0.1, 0.15) is 35.1 Å². The van der Waals surface area contributed by atoms with Crippen LogP contribution in [0.25, 0.3) is 0 Å². The minimum atomic E-state index is -1.50. The summed E-state index contributed by atoms with van der Waals surface area (Å²) in [4.78, 5) is 0. The Morgan fingerprint density at radius 1 is 1.27 bits per heavy atom. The first-order valence-corrected chi connectivity index (χ1v) is 7.17. The molecule has 120 valence electrons. The molecule has 0 aliphatic carbocycles. The van der Waals surface area contributed by atoms with Crippen molar-refractivity contribution in [3.63, 3.8) is 0 Å². The second-order valence-electron chi connectivity index (χ2n) is 5.33. The van der Waals surface area contributed by atoms with Crippen LogP contribution in [0.2, 0.25) is 0 Å². The van der Waals surface area contributed by atoms with E-state index < -0.39 is 37.3 Å². The highest BCUT2D eigenvalue weighted by atomic mass is 32.1. The molecule has 1 aromatic heterocycles. The van der Waals surface area contributed by atoms with E-state index >= 15 is 0 Å². The van der Waals surface area contributed by atoms with Crippen LogP contribution in [-0.2, 0) is 4.74 Å². The van der Waals surface area contributed by atoms with Crippen molar-refractivity contribution in [3.05, 3.63) is 27.5 Å². The summed E-state index contributed by atoms with van der Waals surface area (Å²) in [5.41, 5.74) is 1.67. The first-order valence-electron chi connectivity index (χ1n) is 6.76. The lowest BCUT2D eigenvalue weighted by atomic mass is 9.97. The molecule has 2 rings (SSSR count). The molecular weight excluding hydrogens is 308 g/mol. The fraction of sp³-hybridized carbons (Fsp3) is 0.571. The van der Waals surface area contributed by atoms with E-state index in [1.807, 2.05) is 6.07 Å². The molecule has 1 fully saturated rings. The molecule has 1 aromatic rings. The molecule has 22 heavy (non-hydrogen) atoms. The van der Waals surface area contributed by atoms with Crippen molar-refractivity contribution in [1.82, 2.24) is 4.57 Å². The third-order valence-electron chi connectivity index (χ3n) is 3.98. The monoisotopic (exact) mass is 326 g/mol. The number of nitrogens with zero attached hydrogens (tertiary/aromatic N) is 2. The average Bonchev–Trinajstić information content (AvgIpc) is 2.50. The topological polar surface area (TPSA) is 119 Å². The zero-order valence-electron chi connectivity index (χ0n) is 12.2. The van der Waals surface area contributed by atoms with Crippen LogP contribution in [0, 0.1) is 29.8 Å². The molecule has 8 heteroatoms. The summed E-state index contributed by atoms with van der Waals surface area (Å²) >= 11 is 5.26. The summed E-state index contributed by atoms with van der Waals surface area (Å²) in [6, 6.07) is 3.62. The predicted molar refractivity (Wildman–Crippen MR) is 78.5 cm³/mol. The van der Waals surface area contributed by atoms with Crippen molar-refractivity contribution < 1.29 is 25.2 Å². The van der Waals surface area contributed by atoms with E-state index in [2.05, 4.69) is 0 Å². The number of pyridine rings is 1. The summed E-state index contributed by atoms with van der Waals surface area (Å²) in [5, 5.41) is 48.4. The summed E-state index contributed by atoms with van der Waals surface area (Å²) in [6.07, 6.45) is -6.52. The van der Waals surface area contributed by atoms with Gasteiger partial charge in [0.2, 0.25) is 0 Å². The van der Waals surface area contributed by atoms with Crippen LogP contribution in [0.1, 0.15) is 23.0 Å². The number of rotatable bonds is 2. The van der Waals surface area contributed by atoms with Gasteiger partial charge in [-0.15, -0.1) is 0 Å². The van der Waals surface area contributed by atoms with Gasteiger partial charge in [-0.25, -0.2) is 0 Å². The average molecular weight is 326 g/mol. The zero-order valence-corrected chi connectivity index (χ0v) is 13.0. The number of aliphatic hydroxyl groups is 4. The van der Waals surface area contributed by atoms with Crippen molar-refractivity contribution in [3.8, 4) is 6.07 Å². The fourth-order valence-corrected chi connectivity index (χ4v) is 2.88. The van der Waals surface area contributed by atoms with E-state index in [0.717, 1.165) is 5.56 Å². The number of aryl methyl sites for hydroxylation is 1. The second kappa shape index (κ2) is 6.42. The number of aliphatic hydroxyl groups excluding tert-OH is 4. The number of ether oxygens (including phenoxy) is 1. The molecule has 0 unspecified atom stereocenters. The molecule has 2 heterocycles. The maximum atomic E-state index is 10.2. The molecule has 4 N–H and O–H groups in total. The molecule has 0 spiro atoms. The van der Waals surface area contributed by atoms with Gasteiger partial charge in [0.25, 0.3) is 0 Å². The van der Waals surface area contributed by atoms with Crippen LogP contribution in [0.4, 0.5) is 0 Å². The highest BCUT2D eigenvalue weighted by molar-refractivity contribution is 7.71. The maximum absolute atomic E-state index is 10.2. The van der Waals surface area contributed by atoms with Crippen molar-refractivity contribution >= 4 is 12.2 Å². The van der Waals surface area contributed by atoms with Crippen LogP contribution in [0.15, 0.2) is 6.07 Å². The van der Waals surface area contributed by atoms with Crippen molar-refractivity contribution in [2.24, 2.45) is 0 Å². The molecule has 7 nitrogen and oxygen atoms in total. The Hall–Kier alpha value is -1.34. The molecule has 0 bridgehead atoms. The molecule has 1 aliphatic heterocycles. The first-order chi connectivity index (χ1) is 10.3. The number of hydrogen-bond donors (Lipinski definition) is 4. The predicted octanol–water partition coefficient (Wildman–Crippen LogP) is -0.321. The van der Waals surface area contributed by atoms with E-state index in [0.29, 0.717) is 5.69 Å². The summed E-state index contributed by atoms with van der Waals surface area (Å²) in [6.45, 7) is 3.00. The third-order valence-corrected chi connectivity index (χ3v) is 4.40. The van der Waals surface area contributed by atoms with E-state index in [4.69, 9.17) is 22.2 Å². The molecule has 1 saturated heterocycles. The fourth-order valence-electron chi connectivity index (χ4n) is 2.54. The highest BCUT2D eigenvalue weighted by Gasteiger charge is 2.44. The molecule has 0 saturated carbocycles. The Bertz CT molecular complexity index is 666. The van der Waals surface area contributed by atoms with Crippen LogP contribution in [-0.4, -0.2) is 56.0 Å². The number of nitriles is 1. The summed E-state index contributed by atoms with van der Waals surface area (Å²) in [5.74, 6) is 0. The molecule has 5 atom stereocenters. The Kier molecular flexibility index (Phi) is 4.97. The van der Waals surface area contributed by atoms with Gasteiger partial charge in [0.05, 0.1) is 12.2 Å². The van der Waals surface area contributed by atoms with Gasteiger partial charge in [-0.05, 0) is 25.5 Å². The van der Waals surface area contributed by atoms with Gasteiger partial charge in [-0.3, -0.25) is 0 Å². The van der Waals surface area contributed by atoms with E-state index in [1.165, 1.54) is 4.57 Å². The van der Waals surface area contributed by atoms with E-state index in [9.17, 15) is 20.4 Å². The quantitative estimate of drug-likeness (QED) is 0.550. The lowest BCUT2D eigenvalue weighted by molar-refractivity contribution is -0.252.